The summed E-state index contributed by atoms with van der Waals surface area (Å²) < 4.78 is 1.67. The molecule has 1 heterocycles. The Bertz CT molecular complexity index is 546. The number of fused-ring (bicyclic) bond motifs is 1. The quantitative estimate of drug-likeness (QED) is 0.534. The van der Waals surface area contributed by atoms with Gasteiger partial charge in [-0.05, 0) is 50.7 Å². The third-order valence-electron chi connectivity index (χ3n) is 1.92. The molecule has 2 nitrogen and oxygen atoms in total. The molecule has 14 heavy (non-hydrogen) atoms. The van der Waals surface area contributed by atoms with Gasteiger partial charge in [0.15, 0.2) is 0 Å². The van der Waals surface area contributed by atoms with Crippen molar-refractivity contribution >= 4 is 49.3 Å². The Morgan fingerprint density at radius 1 is 1.36 bits per heavy atom. The molecule has 2 aromatic rings. The van der Waals surface area contributed by atoms with Crippen LogP contribution in [0.25, 0.3) is 10.8 Å². The second kappa shape index (κ2) is 3.83. The fourth-order valence-corrected chi connectivity index (χ4v) is 2.72. The van der Waals surface area contributed by atoms with Crippen molar-refractivity contribution in [2.45, 2.75) is 0 Å². The Labute approximate surface area is 103 Å². The first kappa shape index (κ1) is 9.87. The summed E-state index contributed by atoms with van der Waals surface area (Å²) in [5.41, 5.74) is 0.684. The number of pyridine rings is 1. The molecule has 0 unspecified atom stereocenters. The molecule has 0 amide bonds. The average molecular weight is 359 g/mol. The summed E-state index contributed by atoms with van der Waals surface area (Å²) in [6.07, 6.45) is 0. The minimum absolute atomic E-state index is 0.684. The van der Waals surface area contributed by atoms with Crippen molar-refractivity contribution in [3.8, 4) is 6.07 Å². The normalized spacial score (nSPS) is 10.1. The molecule has 2 rings (SSSR count). The van der Waals surface area contributed by atoms with E-state index in [9.17, 15) is 0 Å². The van der Waals surface area contributed by atoms with Crippen LogP contribution in [0.1, 0.15) is 5.56 Å². The van der Waals surface area contributed by atoms with E-state index in [1.165, 1.54) is 0 Å². The summed E-state index contributed by atoms with van der Waals surface area (Å²) in [5, 5.41) is 10.9. The second-order valence-electron chi connectivity index (χ2n) is 2.75. The molecule has 0 saturated carbocycles. The molecular weight excluding hydrogens is 355 g/mol. The molecule has 4 heteroatoms. The number of rotatable bonds is 0. The molecular formula is C10H4BrIN2. The number of aromatic nitrogens is 1. The lowest BCUT2D eigenvalue weighted by Gasteiger charge is -2.02. The summed E-state index contributed by atoms with van der Waals surface area (Å²) >= 11 is 5.52. The first-order valence-electron chi connectivity index (χ1n) is 3.87. The van der Waals surface area contributed by atoms with Gasteiger partial charge in [-0.15, -0.1) is 0 Å². The highest BCUT2D eigenvalue weighted by Crippen LogP contribution is 2.25. The van der Waals surface area contributed by atoms with E-state index in [-0.39, 0.29) is 0 Å². The monoisotopic (exact) mass is 358 g/mol. The van der Waals surface area contributed by atoms with Crippen molar-refractivity contribution < 1.29 is 0 Å². The minimum Gasteiger partial charge on any atom is -0.234 e. The van der Waals surface area contributed by atoms with Crippen molar-refractivity contribution in [1.29, 1.82) is 5.26 Å². The maximum absolute atomic E-state index is 8.93. The zero-order valence-corrected chi connectivity index (χ0v) is 10.7. The van der Waals surface area contributed by atoms with E-state index < -0.39 is 0 Å². The van der Waals surface area contributed by atoms with Gasteiger partial charge in [0, 0.05) is 10.8 Å². The van der Waals surface area contributed by atoms with Gasteiger partial charge in [0.25, 0.3) is 0 Å². The summed E-state index contributed by atoms with van der Waals surface area (Å²) in [7, 11) is 0. The lowest BCUT2D eigenvalue weighted by Crippen LogP contribution is -1.87. The summed E-state index contributed by atoms with van der Waals surface area (Å²) in [6.45, 7) is 0. The van der Waals surface area contributed by atoms with Gasteiger partial charge in [0.05, 0.1) is 11.6 Å². The average Bonchev–Trinajstić information content (AvgIpc) is 2.17. The van der Waals surface area contributed by atoms with Crippen LogP contribution in [0.2, 0.25) is 0 Å². The van der Waals surface area contributed by atoms with Gasteiger partial charge in [-0.1, -0.05) is 12.1 Å². The highest BCUT2D eigenvalue weighted by Gasteiger charge is 2.05. The fraction of sp³-hybridized carbons (Fsp3) is 0. The predicted octanol–water partition coefficient (Wildman–Crippen LogP) is 3.47. The van der Waals surface area contributed by atoms with Gasteiger partial charge in [0.1, 0.15) is 8.30 Å². The molecule has 0 atom stereocenters. The maximum atomic E-state index is 8.93. The number of hydrogen-bond donors (Lipinski definition) is 0. The van der Waals surface area contributed by atoms with Crippen molar-refractivity contribution in [2.24, 2.45) is 0 Å². The van der Waals surface area contributed by atoms with E-state index in [0.717, 1.165) is 19.1 Å². The van der Waals surface area contributed by atoms with Gasteiger partial charge in [0.2, 0.25) is 0 Å². The Balaban J connectivity index is 2.95. The number of halogens is 2. The zero-order chi connectivity index (χ0) is 10.1. The van der Waals surface area contributed by atoms with Gasteiger partial charge in [-0.2, -0.15) is 5.26 Å². The Hall–Kier alpha value is -0.670. The van der Waals surface area contributed by atoms with E-state index in [0.29, 0.717) is 5.56 Å². The molecule has 1 aromatic carbocycles. The third-order valence-corrected chi connectivity index (χ3v) is 3.07. The van der Waals surface area contributed by atoms with E-state index in [1.807, 2.05) is 24.3 Å². The van der Waals surface area contributed by atoms with E-state index in [1.54, 1.807) is 0 Å². The van der Waals surface area contributed by atoms with E-state index in [4.69, 9.17) is 5.26 Å². The molecule has 0 spiro atoms. The molecule has 0 aliphatic carbocycles. The molecule has 0 radical (unpaired) electrons. The molecule has 68 valence electrons. The Kier molecular flexibility index (Phi) is 2.70. The second-order valence-corrected chi connectivity index (χ2v) is 4.60. The molecule has 0 N–H and O–H groups in total. The summed E-state index contributed by atoms with van der Waals surface area (Å²) in [6, 6.07) is 9.71. The lowest BCUT2D eigenvalue weighted by atomic mass is 10.1. The van der Waals surface area contributed by atoms with E-state index >= 15 is 0 Å². The van der Waals surface area contributed by atoms with Crippen LogP contribution in [0.4, 0.5) is 0 Å². The molecule has 0 aliphatic rings. The van der Waals surface area contributed by atoms with Crippen LogP contribution in [0.3, 0.4) is 0 Å². The number of nitriles is 1. The molecule has 0 bridgehead atoms. The van der Waals surface area contributed by atoms with Crippen LogP contribution < -0.4 is 0 Å². The van der Waals surface area contributed by atoms with Crippen molar-refractivity contribution in [2.75, 3.05) is 0 Å². The standard InChI is InChI=1S/C10H4BrIN2/c11-10-7-3-1-2-6(5-13)8(7)4-9(12)14-10/h1-4H. The number of hydrogen-bond acceptors (Lipinski definition) is 2. The number of nitrogens with zero attached hydrogens (tertiary/aromatic N) is 2. The van der Waals surface area contributed by atoms with Gasteiger partial charge in [-0.3, -0.25) is 0 Å². The van der Waals surface area contributed by atoms with Crippen LogP contribution in [0, 0.1) is 15.0 Å². The fourth-order valence-electron chi connectivity index (χ4n) is 1.30. The summed E-state index contributed by atoms with van der Waals surface area (Å²) in [5.74, 6) is 0. The molecule has 0 aliphatic heterocycles. The topological polar surface area (TPSA) is 36.7 Å². The van der Waals surface area contributed by atoms with Crippen LogP contribution in [0.15, 0.2) is 28.9 Å². The maximum Gasteiger partial charge on any atom is 0.115 e. The highest BCUT2D eigenvalue weighted by atomic mass is 127. The van der Waals surface area contributed by atoms with Crippen LogP contribution in [0.5, 0.6) is 0 Å². The molecule has 0 fully saturated rings. The largest absolute Gasteiger partial charge is 0.234 e. The van der Waals surface area contributed by atoms with E-state index in [2.05, 4.69) is 49.6 Å². The Morgan fingerprint density at radius 2 is 2.14 bits per heavy atom. The minimum atomic E-state index is 0.684. The SMILES string of the molecule is N#Cc1cccc2c(Br)nc(I)cc12. The van der Waals surface area contributed by atoms with Crippen molar-refractivity contribution in [1.82, 2.24) is 4.98 Å². The van der Waals surface area contributed by atoms with Gasteiger partial charge < -0.3 is 0 Å². The smallest absolute Gasteiger partial charge is 0.115 e. The van der Waals surface area contributed by atoms with Crippen molar-refractivity contribution in [3.05, 3.63) is 38.1 Å². The van der Waals surface area contributed by atoms with Crippen LogP contribution in [-0.2, 0) is 0 Å². The third kappa shape index (κ3) is 1.62. The zero-order valence-electron chi connectivity index (χ0n) is 6.96. The number of benzene rings is 1. The van der Waals surface area contributed by atoms with Crippen LogP contribution >= 0.6 is 38.5 Å². The van der Waals surface area contributed by atoms with Crippen molar-refractivity contribution in [3.63, 3.8) is 0 Å². The Morgan fingerprint density at radius 3 is 2.86 bits per heavy atom. The lowest BCUT2D eigenvalue weighted by molar-refractivity contribution is 1.26. The first-order chi connectivity index (χ1) is 6.72. The molecule has 0 saturated heterocycles. The first-order valence-corrected chi connectivity index (χ1v) is 5.74. The predicted molar refractivity (Wildman–Crippen MR) is 66.9 cm³/mol. The van der Waals surface area contributed by atoms with Crippen LogP contribution in [-0.4, -0.2) is 4.98 Å². The molecule has 1 aromatic heterocycles. The highest BCUT2D eigenvalue weighted by molar-refractivity contribution is 14.1. The summed E-state index contributed by atoms with van der Waals surface area (Å²) in [4.78, 5) is 4.27. The van der Waals surface area contributed by atoms with Gasteiger partial charge in [-0.25, -0.2) is 4.98 Å². The van der Waals surface area contributed by atoms with Gasteiger partial charge >= 0.3 is 0 Å².